The standard InChI is InChI=1S/C20H23BrO4/c1-24-15-2-3-17(21)16(7-15)19(23)25-11-18(22)20-8-12-4-13(9-20)6-14(5-12)10-20/h2-3,7,12-14H,4-6,8-11H2,1H3. The van der Waals surface area contributed by atoms with Crippen LogP contribution in [-0.2, 0) is 9.53 Å². The van der Waals surface area contributed by atoms with E-state index in [4.69, 9.17) is 9.47 Å². The smallest absolute Gasteiger partial charge is 0.339 e. The van der Waals surface area contributed by atoms with E-state index in [2.05, 4.69) is 15.9 Å². The molecule has 0 spiro atoms. The third-order valence-electron chi connectivity index (χ3n) is 6.36. The van der Waals surface area contributed by atoms with Crippen molar-refractivity contribution in [3.63, 3.8) is 0 Å². The van der Waals surface area contributed by atoms with Crippen LogP contribution >= 0.6 is 15.9 Å². The molecule has 4 saturated carbocycles. The third kappa shape index (κ3) is 3.12. The first-order valence-electron chi connectivity index (χ1n) is 9.03. The first-order chi connectivity index (χ1) is 12.0. The minimum atomic E-state index is -0.483. The number of rotatable bonds is 5. The predicted octanol–water partition coefficient (Wildman–Crippen LogP) is 4.40. The fourth-order valence-corrected chi connectivity index (χ4v) is 6.01. The van der Waals surface area contributed by atoms with E-state index in [9.17, 15) is 9.59 Å². The molecule has 25 heavy (non-hydrogen) atoms. The highest BCUT2D eigenvalue weighted by Crippen LogP contribution is 2.60. The van der Waals surface area contributed by atoms with Gasteiger partial charge in [-0.05, 0) is 90.4 Å². The van der Waals surface area contributed by atoms with Crippen LogP contribution in [0.5, 0.6) is 5.75 Å². The number of hydrogen-bond acceptors (Lipinski definition) is 4. The van der Waals surface area contributed by atoms with Crippen LogP contribution in [0.15, 0.2) is 22.7 Å². The van der Waals surface area contributed by atoms with Gasteiger partial charge in [0.05, 0.1) is 12.7 Å². The molecule has 0 amide bonds. The van der Waals surface area contributed by atoms with Crippen LogP contribution < -0.4 is 4.74 Å². The Morgan fingerprint density at radius 1 is 1.12 bits per heavy atom. The van der Waals surface area contributed by atoms with Crippen molar-refractivity contribution in [1.29, 1.82) is 0 Å². The van der Waals surface area contributed by atoms with Crippen molar-refractivity contribution in [2.75, 3.05) is 13.7 Å². The normalized spacial score (nSPS) is 32.5. The van der Waals surface area contributed by atoms with Gasteiger partial charge >= 0.3 is 5.97 Å². The summed E-state index contributed by atoms with van der Waals surface area (Å²) in [7, 11) is 1.55. The zero-order valence-electron chi connectivity index (χ0n) is 14.4. The average molecular weight is 407 g/mol. The molecule has 0 aliphatic heterocycles. The summed E-state index contributed by atoms with van der Waals surface area (Å²) >= 11 is 3.36. The van der Waals surface area contributed by atoms with E-state index in [1.165, 1.54) is 19.3 Å². The predicted molar refractivity (Wildman–Crippen MR) is 96.6 cm³/mol. The van der Waals surface area contributed by atoms with Crippen LogP contribution in [0.2, 0.25) is 0 Å². The summed E-state index contributed by atoms with van der Waals surface area (Å²) in [5, 5.41) is 0. The quantitative estimate of drug-likeness (QED) is 0.679. The molecule has 4 bridgehead atoms. The van der Waals surface area contributed by atoms with Gasteiger partial charge in [-0.25, -0.2) is 4.79 Å². The molecule has 4 nitrogen and oxygen atoms in total. The summed E-state index contributed by atoms with van der Waals surface area (Å²) in [6, 6.07) is 5.14. The van der Waals surface area contributed by atoms with Crippen molar-refractivity contribution in [2.24, 2.45) is 23.2 Å². The number of methoxy groups -OCH3 is 1. The van der Waals surface area contributed by atoms with E-state index in [0.717, 1.165) is 19.3 Å². The number of ether oxygens (including phenoxy) is 2. The van der Waals surface area contributed by atoms with E-state index in [0.29, 0.717) is 33.5 Å². The second kappa shape index (κ2) is 6.42. The molecule has 4 aliphatic rings. The van der Waals surface area contributed by atoms with Crippen LogP contribution in [0, 0.1) is 23.2 Å². The number of benzene rings is 1. The molecule has 0 radical (unpaired) electrons. The Hall–Kier alpha value is -1.36. The van der Waals surface area contributed by atoms with E-state index in [1.54, 1.807) is 25.3 Å². The second-order valence-electron chi connectivity index (χ2n) is 8.04. The van der Waals surface area contributed by atoms with Gasteiger partial charge in [-0.15, -0.1) is 0 Å². The lowest BCUT2D eigenvalue weighted by molar-refractivity contribution is -0.147. The topological polar surface area (TPSA) is 52.6 Å². The van der Waals surface area contributed by atoms with Crippen LogP contribution in [0.4, 0.5) is 0 Å². The molecule has 5 rings (SSSR count). The molecule has 1 aromatic rings. The Balaban J connectivity index is 1.43. The van der Waals surface area contributed by atoms with Crippen LogP contribution in [-0.4, -0.2) is 25.5 Å². The first kappa shape index (κ1) is 17.1. The maximum atomic E-state index is 12.9. The lowest BCUT2D eigenvalue weighted by Gasteiger charge is -2.55. The van der Waals surface area contributed by atoms with Crippen LogP contribution in [0.3, 0.4) is 0 Å². The monoisotopic (exact) mass is 406 g/mol. The average Bonchev–Trinajstić information content (AvgIpc) is 2.58. The molecule has 1 aromatic carbocycles. The number of halogens is 1. The van der Waals surface area contributed by atoms with Crippen molar-refractivity contribution in [3.8, 4) is 5.75 Å². The van der Waals surface area contributed by atoms with Gasteiger partial charge in [-0.3, -0.25) is 4.79 Å². The van der Waals surface area contributed by atoms with E-state index >= 15 is 0 Å². The lowest BCUT2D eigenvalue weighted by Crippen LogP contribution is -2.51. The van der Waals surface area contributed by atoms with Gasteiger partial charge in [0.1, 0.15) is 5.75 Å². The summed E-state index contributed by atoms with van der Waals surface area (Å²) in [6.45, 7) is -0.116. The fourth-order valence-electron chi connectivity index (χ4n) is 5.60. The Kier molecular flexibility index (Phi) is 4.38. The Morgan fingerprint density at radius 2 is 1.72 bits per heavy atom. The van der Waals surface area contributed by atoms with Crippen molar-refractivity contribution >= 4 is 27.7 Å². The number of hydrogen-bond donors (Lipinski definition) is 0. The summed E-state index contributed by atoms with van der Waals surface area (Å²) in [4.78, 5) is 25.3. The minimum Gasteiger partial charge on any atom is -0.497 e. The van der Waals surface area contributed by atoms with Crippen molar-refractivity contribution in [1.82, 2.24) is 0 Å². The molecule has 0 atom stereocenters. The van der Waals surface area contributed by atoms with Crippen molar-refractivity contribution in [2.45, 2.75) is 38.5 Å². The van der Waals surface area contributed by atoms with Gasteiger partial charge in [0.15, 0.2) is 12.4 Å². The van der Waals surface area contributed by atoms with Crippen molar-refractivity contribution < 1.29 is 19.1 Å². The van der Waals surface area contributed by atoms with Crippen LogP contribution in [0.25, 0.3) is 0 Å². The molecule has 0 heterocycles. The van der Waals surface area contributed by atoms with E-state index in [-0.39, 0.29) is 17.8 Å². The number of esters is 1. The summed E-state index contributed by atoms with van der Waals surface area (Å²) < 4.78 is 11.2. The fraction of sp³-hybridized carbons (Fsp3) is 0.600. The summed E-state index contributed by atoms with van der Waals surface area (Å²) in [5.41, 5.74) is 0.165. The molecule has 4 aliphatic carbocycles. The molecular formula is C20H23BrO4. The van der Waals surface area contributed by atoms with Gasteiger partial charge in [0, 0.05) is 9.89 Å². The molecule has 5 heteroatoms. The Morgan fingerprint density at radius 3 is 2.28 bits per heavy atom. The lowest BCUT2D eigenvalue weighted by atomic mass is 9.48. The first-order valence-corrected chi connectivity index (χ1v) is 9.82. The van der Waals surface area contributed by atoms with Gasteiger partial charge in [0.2, 0.25) is 0 Å². The summed E-state index contributed by atoms with van der Waals surface area (Å²) in [5.74, 6) is 2.35. The number of Topliss-reactive ketones (excluding diaryl/α,β-unsaturated/α-hetero) is 1. The maximum Gasteiger partial charge on any atom is 0.339 e. The highest BCUT2D eigenvalue weighted by atomic mass is 79.9. The SMILES string of the molecule is COc1ccc(Br)c(C(=O)OCC(=O)C23CC4CC(CC(C4)C2)C3)c1. The zero-order chi connectivity index (χ0) is 17.6. The number of ketones is 1. The summed E-state index contributed by atoms with van der Waals surface area (Å²) in [6.07, 6.45) is 6.88. The number of carbonyl (C=O) groups is 2. The van der Waals surface area contributed by atoms with Gasteiger partial charge in [-0.1, -0.05) is 0 Å². The molecule has 0 saturated heterocycles. The highest BCUT2D eigenvalue weighted by molar-refractivity contribution is 9.10. The van der Waals surface area contributed by atoms with Crippen molar-refractivity contribution in [3.05, 3.63) is 28.2 Å². The van der Waals surface area contributed by atoms with Gasteiger partial charge < -0.3 is 9.47 Å². The second-order valence-corrected chi connectivity index (χ2v) is 8.90. The third-order valence-corrected chi connectivity index (χ3v) is 7.05. The highest BCUT2D eigenvalue weighted by Gasteiger charge is 2.54. The van der Waals surface area contributed by atoms with Gasteiger partial charge in [0.25, 0.3) is 0 Å². The molecule has 4 fully saturated rings. The largest absolute Gasteiger partial charge is 0.497 e. The molecule has 134 valence electrons. The molecule has 0 unspecified atom stereocenters. The number of carbonyl (C=O) groups excluding carboxylic acids is 2. The van der Waals surface area contributed by atoms with Crippen LogP contribution in [0.1, 0.15) is 48.9 Å². The van der Waals surface area contributed by atoms with E-state index in [1.807, 2.05) is 0 Å². The molecule has 0 aromatic heterocycles. The van der Waals surface area contributed by atoms with E-state index < -0.39 is 5.97 Å². The molecular weight excluding hydrogens is 384 g/mol. The maximum absolute atomic E-state index is 12.9. The minimum absolute atomic E-state index is 0.116. The molecule has 0 N–H and O–H groups in total. The Labute approximate surface area is 156 Å². The van der Waals surface area contributed by atoms with Gasteiger partial charge in [-0.2, -0.15) is 0 Å². The zero-order valence-corrected chi connectivity index (χ0v) is 16.0. The Bertz CT molecular complexity index is 676.